The lowest BCUT2D eigenvalue weighted by Gasteiger charge is -2.01. The summed E-state index contributed by atoms with van der Waals surface area (Å²) in [5.41, 5.74) is 0.635. The third kappa shape index (κ3) is 2.30. The Morgan fingerprint density at radius 3 is 2.93 bits per heavy atom. The van der Waals surface area contributed by atoms with Crippen LogP contribution in [0.4, 0.5) is 4.39 Å². The monoisotopic (exact) mass is 193 g/mol. The van der Waals surface area contributed by atoms with Crippen molar-refractivity contribution in [3.63, 3.8) is 0 Å². The molecule has 3 nitrogen and oxygen atoms in total. The van der Waals surface area contributed by atoms with Crippen LogP contribution in [0.2, 0.25) is 0 Å². The third-order valence-electron chi connectivity index (χ3n) is 1.75. The number of halogens is 1. The quantitative estimate of drug-likeness (QED) is 0.667. The van der Waals surface area contributed by atoms with Crippen LogP contribution >= 0.6 is 0 Å². The molecule has 0 spiro atoms. The van der Waals surface area contributed by atoms with E-state index in [1.807, 2.05) is 6.07 Å². The van der Waals surface area contributed by atoms with Gasteiger partial charge in [-0.15, -0.1) is 0 Å². The lowest BCUT2D eigenvalue weighted by molar-refractivity contribution is -0.139. The average Bonchev–Trinajstić information content (AvgIpc) is 2.20. The van der Waals surface area contributed by atoms with Crippen molar-refractivity contribution in [2.45, 2.75) is 6.42 Å². The van der Waals surface area contributed by atoms with E-state index in [9.17, 15) is 9.18 Å². The lowest BCUT2D eigenvalue weighted by atomic mass is 10.1. The number of hydrogen-bond donors (Lipinski definition) is 0. The zero-order valence-electron chi connectivity index (χ0n) is 7.58. The zero-order valence-corrected chi connectivity index (χ0v) is 7.58. The first-order chi connectivity index (χ1) is 6.67. The van der Waals surface area contributed by atoms with E-state index in [-0.39, 0.29) is 12.0 Å². The Bertz CT molecular complexity index is 396. The molecule has 0 heterocycles. The highest BCUT2D eigenvalue weighted by Crippen LogP contribution is 2.11. The summed E-state index contributed by atoms with van der Waals surface area (Å²) in [4.78, 5) is 10.9. The number of benzene rings is 1. The number of esters is 1. The van der Waals surface area contributed by atoms with Crippen LogP contribution in [0.5, 0.6) is 0 Å². The number of methoxy groups -OCH3 is 1. The minimum Gasteiger partial charge on any atom is -0.469 e. The second-order valence-corrected chi connectivity index (χ2v) is 2.67. The summed E-state index contributed by atoms with van der Waals surface area (Å²) in [5, 5.41) is 8.66. The van der Waals surface area contributed by atoms with Crippen LogP contribution in [0.15, 0.2) is 18.2 Å². The molecule has 0 bridgehead atoms. The molecule has 0 amide bonds. The van der Waals surface area contributed by atoms with Crippen molar-refractivity contribution in [3.8, 4) is 6.07 Å². The molecule has 0 saturated heterocycles. The Morgan fingerprint density at radius 2 is 2.36 bits per heavy atom. The fourth-order valence-corrected chi connectivity index (χ4v) is 1.03. The summed E-state index contributed by atoms with van der Waals surface area (Å²) in [7, 11) is 1.26. The van der Waals surface area contributed by atoms with Gasteiger partial charge >= 0.3 is 5.97 Å². The summed E-state index contributed by atoms with van der Waals surface area (Å²) in [6.45, 7) is 0. The minimum absolute atomic E-state index is 0.0142. The van der Waals surface area contributed by atoms with Crippen molar-refractivity contribution in [1.82, 2.24) is 0 Å². The molecule has 0 atom stereocenters. The zero-order chi connectivity index (χ0) is 10.6. The van der Waals surface area contributed by atoms with Crippen molar-refractivity contribution < 1.29 is 13.9 Å². The SMILES string of the molecule is COC(=O)Cc1ccc(F)cc1C#N. The Labute approximate surface area is 80.7 Å². The van der Waals surface area contributed by atoms with Crippen LogP contribution in [0, 0.1) is 17.1 Å². The number of carbonyl (C=O) groups excluding carboxylic acids is 1. The Kier molecular flexibility index (Phi) is 3.19. The van der Waals surface area contributed by atoms with Gasteiger partial charge in [-0.05, 0) is 17.7 Å². The molecule has 0 unspecified atom stereocenters. The van der Waals surface area contributed by atoms with Crippen LogP contribution in [0.1, 0.15) is 11.1 Å². The van der Waals surface area contributed by atoms with Crippen molar-refractivity contribution in [2.75, 3.05) is 7.11 Å². The molecule has 1 aromatic rings. The van der Waals surface area contributed by atoms with E-state index in [0.29, 0.717) is 5.56 Å². The molecular formula is C10H8FNO2. The summed E-state index contributed by atoms with van der Waals surface area (Å²) in [6.07, 6.45) is -0.0142. The summed E-state index contributed by atoms with van der Waals surface area (Å²) >= 11 is 0. The van der Waals surface area contributed by atoms with Crippen molar-refractivity contribution in [3.05, 3.63) is 35.1 Å². The van der Waals surface area contributed by atoms with Gasteiger partial charge in [0.15, 0.2) is 0 Å². The number of carbonyl (C=O) groups is 1. The fraction of sp³-hybridized carbons (Fsp3) is 0.200. The van der Waals surface area contributed by atoms with Crippen molar-refractivity contribution in [1.29, 1.82) is 5.26 Å². The van der Waals surface area contributed by atoms with Crippen LogP contribution in [-0.2, 0) is 16.0 Å². The highest BCUT2D eigenvalue weighted by molar-refractivity contribution is 5.73. The third-order valence-corrected chi connectivity index (χ3v) is 1.75. The maximum atomic E-state index is 12.7. The second-order valence-electron chi connectivity index (χ2n) is 2.67. The molecule has 1 aromatic carbocycles. The first-order valence-corrected chi connectivity index (χ1v) is 3.92. The van der Waals surface area contributed by atoms with Gasteiger partial charge < -0.3 is 4.74 Å². The molecule has 0 radical (unpaired) electrons. The van der Waals surface area contributed by atoms with Gasteiger partial charge in [0.05, 0.1) is 25.2 Å². The predicted molar refractivity (Wildman–Crippen MR) is 46.8 cm³/mol. The molecule has 0 fully saturated rings. The number of nitriles is 1. The molecule has 0 aliphatic carbocycles. The molecule has 72 valence electrons. The topological polar surface area (TPSA) is 50.1 Å². The van der Waals surface area contributed by atoms with Crippen molar-refractivity contribution in [2.24, 2.45) is 0 Å². The Morgan fingerprint density at radius 1 is 1.64 bits per heavy atom. The van der Waals surface area contributed by atoms with Gasteiger partial charge in [-0.25, -0.2) is 4.39 Å². The molecule has 1 rings (SSSR count). The van der Waals surface area contributed by atoms with Crippen LogP contribution in [0.3, 0.4) is 0 Å². The second kappa shape index (κ2) is 4.38. The molecule has 0 aromatic heterocycles. The molecular weight excluding hydrogens is 185 g/mol. The van der Waals surface area contributed by atoms with Gasteiger partial charge in [-0.3, -0.25) is 4.79 Å². The van der Waals surface area contributed by atoms with Gasteiger partial charge in [-0.1, -0.05) is 6.07 Å². The predicted octanol–water partition coefficient (Wildman–Crippen LogP) is 1.41. The van der Waals surface area contributed by atoms with E-state index in [1.54, 1.807) is 0 Å². The molecule has 0 aliphatic rings. The van der Waals surface area contributed by atoms with E-state index in [2.05, 4.69) is 4.74 Å². The number of rotatable bonds is 2. The largest absolute Gasteiger partial charge is 0.469 e. The molecule has 14 heavy (non-hydrogen) atoms. The summed E-state index contributed by atoms with van der Waals surface area (Å²) in [5.74, 6) is -0.941. The number of ether oxygens (including phenoxy) is 1. The standard InChI is InChI=1S/C10H8FNO2/c1-14-10(13)5-7-2-3-9(11)4-8(7)6-12/h2-4H,5H2,1H3. The normalized spacial score (nSPS) is 9.21. The highest BCUT2D eigenvalue weighted by Gasteiger charge is 2.08. The molecule has 0 saturated carbocycles. The Hall–Kier alpha value is -1.89. The van der Waals surface area contributed by atoms with Gasteiger partial charge in [-0.2, -0.15) is 5.26 Å². The average molecular weight is 193 g/mol. The fourth-order valence-electron chi connectivity index (χ4n) is 1.03. The van der Waals surface area contributed by atoms with Crippen LogP contribution < -0.4 is 0 Å². The number of nitrogens with zero attached hydrogens (tertiary/aromatic N) is 1. The van der Waals surface area contributed by atoms with Crippen LogP contribution in [-0.4, -0.2) is 13.1 Å². The Balaban J connectivity index is 2.98. The van der Waals surface area contributed by atoms with E-state index in [1.165, 1.54) is 19.2 Å². The maximum absolute atomic E-state index is 12.7. The minimum atomic E-state index is -0.491. The summed E-state index contributed by atoms with van der Waals surface area (Å²) in [6, 6.07) is 5.53. The van der Waals surface area contributed by atoms with E-state index in [4.69, 9.17) is 5.26 Å². The molecule has 0 N–H and O–H groups in total. The smallest absolute Gasteiger partial charge is 0.310 e. The maximum Gasteiger partial charge on any atom is 0.310 e. The summed E-state index contributed by atoms with van der Waals surface area (Å²) < 4.78 is 17.1. The number of hydrogen-bond acceptors (Lipinski definition) is 3. The van der Waals surface area contributed by atoms with E-state index in [0.717, 1.165) is 6.07 Å². The van der Waals surface area contributed by atoms with Gasteiger partial charge in [0.25, 0.3) is 0 Å². The van der Waals surface area contributed by atoms with Gasteiger partial charge in [0.1, 0.15) is 5.82 Å². The molecule has 0 aliphatic heterocycles. The van der Waals surface area contributed by atoms with E-state index >= 15 is 0 Å². The highest BCUT2D eigenvalue weighted by atomic mass is 19.1. The van der Waals surface area contributed by atoms with Gasteiger partial charge in [0, 0.05) is 0 Å². The van der Waals surface area contributed by atoms with Crippen LogP contribution in [0.25, 0.3) is 0 Å². The van der Waals surface area contributed by atoms with E-state index < -0.39 is 11.8 Å². The first-order valence-electron chi connectivity index (χ1n) is 3.92. The molecule has 4 heteroatoms. The van der Waals surface area contributed by atoms with Crippen molar-refractivity contribution >= 4 is 5.97 Å². The first kappa shape index (κ1) is 10.2. The van der Waals surface area contributed by atoms with Gasteiger partial charge in [0.2, 0.25) is 0 Å². The lowest BCUT2D eigenvalue weighted by Crippen LogP contribution is -2.06.